The van der Waals surface area contributed by atoms with Gasteiger partial charge in [-0.3, -0.25) is 0 Å². The maximum Gasteiger partial charge on any atom is 0.163 e. The fraction of sp³-hybridized carbons (Fsp3) is 0.800. The first-order valence-corrected chi connectivity index (χ1v) is 9.02. The summed E-state index contributed by atoms with van der Waals surface area (Å²) in [5.41, 5.74) is 0. The first-order valence-electron chi connectivity index (χ1n) is 9.02. The van der Waals surface area contributed by atoms with E-state index in [-0.39, 0.29) is 12.2 Å². The summed E-state index contributed by atoms with van der Waals surface area (Å²) in [4.78, 5) is 0. The van der Waals surface area contributed by atoms with Crippen molar-refractivity contribution in [3.8, 4) is 23.7 Å². The van der Waals surface area contributed by atoms with Gasteiger partial charge in [-0.15, -0.1) is 0 Å². The molecule has 23 heavy (non-hydrogen) atoms. The summed E-state index contributed by atoms with van der Waals surface area (Å²) in [7, 11) is 0. The molecule has 128 valence electrons. The number of rotatable bonds is 7. The number of hydrogen-bond acceptors (Lipinski definition) is 3. The van der Waals surface area contributed by atoms with Crippen molar-refractivity contribution in [3.05, 3.63) is 0 Å². The van der Waals surface area contributed by atoms with Crippen molar-refractivity contribution in [1.82, 2.24) is 0 Å². The minimum atomic E-state index is -0.575. The molecular formula is C20H30O3. The topological polar surface area (TPSA) is 38.7 Å². The SMILES string of the molecule is CC[C@@H](O)C#CC#CC[C@H]1OC(C)(C)O[C@@H]1CCCCC1CC1. The van der Waals surface area contributed by atoms with Gasteiger partial charge < -0.3 is 14.6 Å². The van der Waals surface area contributed by atoms with E-state index in [0.29, 0.717) is 12.8 Å². The number of aliphatic hydroxyl groups is 1. The molecule has 1 heterocycles. The largest absolute Gasteiger partial charge is 0.380 e. The second-order valence-electron chi connectivity index (χ2n) is 7.14. The van der Waals surface area contributed by atoms with E-state index in [0.717, 1.165) is 12.3 Å². The van der Waals surface area contributed by atoms with E-state index in [1.54, 1.807) is 0 Å². The highest BCUT2D eigenvalue weighted by molar-refractivity contribution is 5.27. The Balaban J connectivity index is 1.76. The summed E-state index contributed by atoms with van der Waals surface area (Å²) in [6, 6.07) is 0. The van der Waals surface area contributed by atoms with Crippen LogP contribution in [-0.4, -0.2) is 29.2 Å². The first-order chi connectivity index (χ1) is 11.0. The van der Waals surface area contributed by atoms with Crippen LogP contribution in [0.4, 0.5) is 0 Å². The van der Waals surface area contributed by atoms with Gasteiger partial charge in [0.1, 0.15) is 6.10 Å². The van der Waals surface area contributed by atoms with Crippen LogP contribution < -0.4 is 0 Å². The summed E-state index contributed by atoms with van der Waals surface area (Å²) in [6.07, 6.45) is 8.62. The van der Waals surface area contributed by atoms with Crippen LogP contribution in [0.3, 0.4) is 0 Å². The van der Waals surface area contributed by atoms with Crippen LogP contribution in [0.1, 0.15) is 72.1 Å². The summed E-state index contributed by atoms with van der Waals surface area (Å²) in [5.74, 6) is 11.8. The Kier molecular flexibility index (Phi) is 6.97. The van der Waals surface area contributed by atoms with Crippen LogP contribution in [0, 0.1) is 29.6 Å². The molecule has 0 aromatic rings. The molecule has 0 unspecified atom stereocenters. The number of aliphatic hydroxyl groups excluding tert-OH is 1. The predicted molar refractivity (Wildman–Crippen MR) is 91.5 cm³/mol. The van der Waals surface area contributed by atoms with Crippen molar-refractivity contribution in [1.29, 1.82) is 0 Å². The van der Waals surface area contributed by atoms with Crippen molar-refractivity contribution >= 4 is 0 Å². The number of unbranched alkanes of at least 4 members (excludes halogenated alkanes) is 1. The lowest BCUT2D eigenvalue weighted by atomic mass is 10.0. The second-order valence-corrected chi connectivity index (χ2v) is 7.14. The standard InChI is InChI=1S/C20H30O3/c1-4-17(21)11-6-5-7-12-18-19(23-20(2,3)22-18)13-9-8-10-16-14-15-16/h16-19,21H,4,8-10,12-15H2,1-3H3/t17-,18-,19-/m1/s1. The Hall–Kier alpha value is -1.00. The highest BCUT2D eigenvalue weighted by atomic mass is 16.7. The van der Waals surface area contributed by atoms with Gasteiger partial charge >= 0.3 is 0 Å². The van der Waals surface area contributed by atoms with Gasteiger partial charge in [-0.25, -0.2) is 0 Å². The van der Waals surface area contributed by atoms with Gasteiger partial charge in [-0.05, 0) is 44.4 Å². The van der Waals surface area contributed by atoms with Crippen LogP contribution in [0.2, 0.25) is 0 Å². The second kappa shape index (κ2) is 8.74. The smallest absolute Gasteiger partial charge is 0.163 e. The van der Waals surface area contributed by atoms with Gasteiger partial charge in [0.25, 0.3) is 0 Å². The summed E-state index contributed by atoms with van der Waals surface area (Å²) < 4.78 is 12.0. The molecule has 0 aromatic carbocycles. The third-order valence-electron chi connectivity index (χ3n) is 4.41. The van der Waals surface area contributed by atoms with Gasteiger partial charge in [-0.1, -0.05) is 50.9 Å². The molecule has 1 saturated heterocycles. The van der Waals surface area contributed by atoms with E-state index in [4.69, 9.17) is 9.47 Å². The lowest BCUT2D eigenvalue weighted by molar-refractivity contribution is -0.146. The minimum absolute atomic E-state index is 0.0244. The lowest BCUT2D eigenvalue weighted by Gasteiger charge is -2.16. The Bertz CT molecular complexity index is 484. The number of ether oxygens (including phenoxy) is 2. The molecule has 1 N–H and O–H groups in total. The minimum Gasteiger partial charge on any atom is -0.380 e. The van der Waals surface area contributed by atoms with E-state index in [9.17, 15) is 5.11 Å². The van der Waals surface area contributed by atoms with E-state index in [1.807, 2.05) is 20.8 Å². The zero-order valence-corrected chi connectivity index (χ0v) is 14.7. The van der Waals surface area contributed by atoms with Crippen LogP contribution in [-0.2, 0) is 9.47 Å². The van der Waals surface area contributed by atoms with E-state index < -0.39 is 11.9 Å². The molecule has 2 rings (SSSR count). The lowest BCUT2D eigenvalue weighted by Crippen LogP contribution is -2.22. The quantitative estimate of drug-likeness (QED) is 0.575. The molecule has 2 aliphatic rings. The number of hydrogen-bond donors (Lipinski definition) is 1. The third kappa shape index (κ3) is 6.96. The first kappa shape index (κ1) is 18.3. The molecule has 0 aromatic heterocycles. The van der Waals surface area contributed by atoms with Crippen molar-refractivity contribution in [3.63, 3.8) is 0 Å². The highest BCUT2D eigenvalue weighted by Gasteiger charge is 2.40. The van der Waals surface area contributed by atoms with Crippen molar-refractivity contribution in [2.24, 2.45) is 5.92 Å². The fourth-order valence-corrected chi connectivity index (χ4v) is 2.93. The van der Waals surface area contributed by atoms with E-state index in [2.05, 4.69) is 23.7 Å². The van der Waals surface area contributed by atoms with Crippen molar-refractivity contribution in [2.45, 2.75) is 96.2 Å². The van der Waals surface area contributed by atoms with E-state index in [1.165, 1.54) is 32.1 Å². The molecule has 0 spiro atoms. The molecular weight excluding hydrogens is 288 g/mol. The molecule has 0 bridgehead atoms. The molecule has 0 radical (unpaired) electrons. The van der Waals surface area contributed by atoms with Crippen molar-refractivity contribution < 1.29 is 14.6 Å². The summed E-state index contributed by atoms with van der Waals surface area (Å²) >= 11 is 0. The third-order valence-corrected chi connectivity index (χ3v) is 4.41. The predicted octanol–water partition coefficient (Wildman–Crippen LogP) is 3.64. The van der Waals surface area contributed by atoms with Crippen LogP contribution in [0.15, 0.2) is 0 Å². The van der Waals surface area contributed by atoms with Gasteiger partial charge in [0.05, 0.1) is 12.2 Å². The van der Waals surface area contributed by atoms with E-state index >= 15 is 0 Å². The molecule has 1 aliphatic carbocycles. The van der Waals surface area contributed by atoms with Gasteiger partial charge in [0.2, 0.25) is 0 Å². The zero-order chi connectivity index (χ0) is 16.7. The Labute approximate surface area is 141 Å². The summed E-state index contributed by atoms with van der Waals surface area (Å²) in [6.45, 7) is 5.83. The normalized spacial score (nSPS) is 26.8. The highest BCUT2D eigenvalue weighted by Crippen LogP contribution is 2.36. The average molecular weight is 318 g/mol. The molecule has 0 amide bonds. The fourth-order valence-electron chi connectivity index (χ4n) is 2.93. The monoisotopic (exact) mass is 318 g/mol. The van der Waals surface area contributed by atoms with Gasteiger partial charge in [-0.2, -0.15) is 0 Å². The Morgan fingerprint density at radius 1 is 1.09 bits per heavy atom. The zero-order valence-electron chi connectivity index (χ0n) is 14.7. The van der Waals surface area contributed by atoms with Gasteiger partial charge in [0.15, 0.2) is 5.79 Å². The molecule has 1 saturated carbocycles. The Morgan fingerprint density at radius 2 is 1.78 bits per heavy atom. The molecule has 3 nitrogen and oxygen atoms in total. The van der Waals surface area contributed by atoms with Crippen LogP contribution in [0.5, 0.6) is 0 Å². The average Bonchev–Trinajstić information content (AvgIpc) is 3.27. The Morgan fingerprint density at radius 3 is 2.48 bits per heavy atom. The van der Waals surface area contributed by atoms with Crippen molar-refractivity contribution in [2.75, 3.05) is 0 Å². The molecule has 1 aliphatic heterocycles. The maximum atomic E-state index is 9.36. The molecule has 2 fully saturated rings. The van der Waals surface area contributed by atoms with Crippen LogP contribution >= 0.6 is 0 Å². The van der Waals surface area contributed by atoms with Gasteiger partial charge in [0, 0.05) is 6.42 Å². The molecule has 3 atom stereocenters. The van der Waals surface area contributed by atoms with Crippen LogP contribution in [0.25, 0.3) is 0 Å². The maximum absolute atomic E-state index is 9.36. The molecule has 3 heteroatoms. The summed E-state index contributed by atoms with van der Waals surface area (Å²) in [5, 5.41) is 9.36.